The number of carbonyl (C=O) groups is 2. The van der Waals surface area contributed by atoms with Gasteiger partial charge in [0, 0.05) is 54.6 Å². The average Bonchev–Trinajstić information content (AvgIpc) is 3.18. The first-order chi connectivity index (χ1) is 12.6. The molecule has 26 heavy (non-hydrogen) atoms. The molecule has 7 heteroatoms. The summed E-state index contributed by atoms with van der Waals surface area (Å²) in [4.78, 5) is 34.2. The second kappa shape index (κ2) is 7.53. The standard InChI is InChI=1S/C19H21N3O4/c1-3-26-19(25)16-15(22(2)7-8-23)10-12(17(16)24)9-13-11-21-18-14(13)5-4-6-20-18/h4-6,9,11,23H,3,7-8,10H2,1-2H3,(H,20,21). The first kappa shape index (κ1) is 17.9. The third-order valence-electron chi connectivity index (χ3n) is 4.35. The quantitative estimate of drug-likeness (QED) is 0.465. The van der Waals surface area contributed by atoms with E-state index in [1.807, 2.05) is 12.1 Å². The lowest BCUT2D eigenvalue weighted by Crippen LogP contribution is -2.24. The molecule has 3 rings (SSSR count). The number of esters is 1. The van der Waals surface area contributed by atoms with Gasteiger partial charge >= 0.3 is 5.97 Å². The van der Waals surface area contributed by atoms with Crippen LogP contribution >= 0.6 is 0 Å². The molecule has 0 radical (unpaired) electrons. The van der Waals surface area contributed by atoms with Gasteiger partial charge in [-0.1, -0.05) is 0 Å². The molecule has 136 valence electrons. The van der Waals surface area contributed by atoms with E-state index in [9.17, 15) is 14.7 Å². The summed E-state index contributed by atoms with van der Waals surface area (Å²) in [6.45, 7) is 2.15. The number of aliphatic hydroxyl groups excluding tert-OH is 1. The SMILES string of the molecule is CCOC(=O)C1=C(N(C)CCO)CC(=Cc2c[nH]c3ncccc23)C1=O. The van der Waals surface area contributed by atoms with Crippen molar-refractivity contribution in [2.75, 3.05) is 26.8 Å². The lowest BCUT2D eigenvalue weighted by Gasteiger charge is -2.20. The summed E-state index contributed by atoms with van der Waals surface area (Å²) in [7, 11) is 1.75. The van der Waals surface area contributed by atoms with Gasteiger partial charge in [0.25, 0.3) is 0 Å². The van der Waals surface area contributed by atoms with Crippen molar-refractivity contribution in [1.82, 2.24) is 14.9 Å². The molecule has 2 heterocycles. The number of rotatable bonds is 6. The maximum absolute atomic E-state index is 12.9. The van der Waals surface area contributed by atoms with Crippen molar-refractivity contribution in [3.8, 4) is 0 Å². The van der Waals surface area contributed by atoms with Gasteiger partial charge in [0.05, 0.1) is 13.2 Å². The third kappa shape index (κ3) is 3.25. The molecule has 0 saturated carbocycles. The van der Waals surface area contributed by atoms with E-state index >= 15 is 0 Å². The zero-order valence-electron chi connectivity index (χ0n) is 14.8. The summed E-state index contributed by atoms with van der Waals surface area (Å²) in [6, 6.07) is 3.75. The highest BCUT2D eigenvalue weighted by atomic mass is 16.5. The molecule has 0 unspecified atom stereocenters. The number of ether oxygens (including phenoxy) is 1. The van der Waals surface area contributed by atoms with Crippen LogP contribution < -0.4 is 0 Å². The number of ketones is 1. The van der Waals surface area contributed by atoms with Gasteiger partial charge in [-0.15, -0.1) is 0 Å². The van der Waals surface area contributed by atoms with E-state index in [-0.39, 0.29) is 24.6 Å². The first-order valence-corrected chi connectivity index (χ1v) is 8.46. The second-order valence-corrected chi connectivity index (χ2v) is 6.01. The molecule has 2 aromatic rings. The molecule has 0 fully saturated rings. The van der Waals surface area contributed by atoms with Crippen LogP contribution in [0.1, 0.15) is 18.9 Å². The number of aromatic nitrogens is 2. The predicted molar refractivity (Wildman–Crippen MR) is 97.1 cm³/mol. The topological polar surface area (TPSA) is 95.5 Å². The summed E-state index contributed by atoms with van der Waals surface area (Å²) in [6.07, 6.45) is 5.58. The minimum atomic E-state index is -0.624. The molecule has 0 spiro atoms. The number of Topliss-reactive ketones (excluding diaryl/α,β-unsaturated/α-hetero) is 1. The number of carbonyl (C=O) groups excluding carboxylic acids is 2. The van der Waals surface area contributed by atoms with Crippen molar-refractivity contribution in [2.45, 2.75) is 13.3 Å². The molecule has 0 aliphatic heterocycles. The zero-order valence-corrected chi connectivity index (χ0v) is 14.8. The highest BCUT2D eigenvalue weighted by molar-refractivity contribution is 6.28. The highest BCUT2D eigenvalue weighted by Gasteiger charge is 2.35. The zero-order chi connectivity index (χ0) is 18.7. The van der Waals surface area contributed by atoms with Gasteiger partial charge < -0.3 is 19.7 Å². The lowest BCUT2D eigenvalue weighted by atomic mass is 10.1. The molecular formula is C19H21N3O4. The third-order valence-corrected chi connectivity index (χ3v) is 4.35. The number of pyridine rings is 1. The van der Waals surface area contributed by atoms with Gasteiger partial charge in [0.2, 0.25) is 0 Å². The molecule has 2 aromatic heterocycles. The van der Waals surface area contributed by atoms with E-state index in [2.05, 4.69) is 9.97 Å². The van der Waals surface area contributed by atoms with E-state index in [0.29, 0.717) is 24.2 Å². The number of H-pyrrole nitrogens is 1. The van der Waals surface area contributed by atoms with E-state index in [1.165, 1.54) is 0 Å². The van der Waals surface area contributed by atoms with Gasteiger partial charge in [0.1, 0.15) is 11.2 Å². The Kier molecular flexibility index (Phi) is 5.18. The molecule has 1 aliphatic rings. The Balaban J connectivity index is 1.99. The number of nitrogens with one attached hydrogen (secondary N) is 1. The van der Waals surface area contributed by atoms with E-state index in [1.54, 1.807) is 37.3 Å². The number of hydrogen-bond donors (Lipinski definition) is 2. The summed E-state index contributed by atoms with van der Waals surface area (Å²) in [5, 5.41) is 10.1. The molecule has 0 saturated heterocycles. The van der Waals surface area contributed by atoms with Gasteiger partial charge in [0.15, 0.2) is 5.78 Å². The van der Waals surface area contributed by atoms with Gasteiger partial charge in [-0.2, -0.15) is 0 Å². The van der Waals surface area contributed by atoms with Gasteiger partial charge in [-0.25, -0.2) is 9.78 Å². The van der Waals surface area contributed by atoms with Crippen molar-refractivity contribution >= 4 is 28.9 Å². The van der Waals surface area contributed by atoms with Crippen molar-refractivity contribution in [3.63, 3.8) is 0 Å². The van der Waals surface area contributed by atoms with Crippen LogP contribution in [-0.2, 0) is 14.3 Å². The van der Waals surface area contributed by atoms with Crippen molar-refractivity contribution in [3.05, 3.63) is 46.9 Å². The average molecular weight is 355 g/mol. The number of aromatic amines is 1. The number of hydrogen-bond acceptors (Lipinski definition) is 6. The maximum Gasteiger partial charge on any atom is 0.343 e. The lowest BCUT2D eigenvalue weighted by molar-refractivity contribution is -0.139. The number of nitrogens with zero attached hydrogens (tertiary/aromatic N) is 2. The summed E-state index contributed by atoms with van der Waals surface area (Å²) in [5.74, 6) is -0.956. The Morgan fingerprint density at radius 2 is 2.31 bits per heavy atom. The molecule has 7 nitrogen and oxygen atoms in total. The minimum Gasteiger partial charge on any atom is -0.462 e. The van der Waals surface area contributed by atoms with Crippen LogP contribution in [0.5, 0.6) is 0 Å². The fourth-order valence-electron chi connectivity index (χ4n) is 3.07. The minimum absolute atomic E-state index is 0.0482. The van der Waals surface area contributed by atoms with Crippen molar-refractivity contribution in [1.29, 1.82) is 0 Å². The van der Waals surface area contributed by atoms with Gasteiger partial charge in [-0.05, 0) is 25.1 Å². The Morgan fingerprint density at radius 3 is 3.04 bits per heavy atom. The smallest absolute Gasteiger partial charge is 0.343 e. The largest absolute Gasteiger partial charge is 0.462 e. The van der Waals surface area contributed by atoms with Crippen molar-refractivity contribution < 1.29 is 19.4 Å². The fourth-order valence-corrected chi connectivity index (χ4v) is 3.07. The number of fused-ring (bicyclic) bond motifs is 1. The molecule has 2 N–H and O–H groups in total. The highest BCUT2D eigenvalue weighted by Crippen LogP contribution is 2.33. The predicted octanol–water partition coefficient (Wildman–Crippen LogP) is 1.66. The van der Waals surface area contributed by atoms with Gasteiger partial charge in [-0.3, -0.25) is 4.79 Å². The van der Waals surface area contributed by atoms with Crippen LogP contribution in [0.15, 0.2) is 41.4 Å². The molecule has 0 amide bonds. The number of allylic oxidation sites excluding steroid dienone is 1. The Labute approximate surface area is 151 Å². The number of likely N-dealkylation sites (N-methyl/N-ethyl adjacent to an activating group) is 1. The second-order valence-electron chi connectivity index (χ2n) is 6.01. The Bertz CT molecular complexity index is 910. The maximum atomic E-state index is 12.9. The molecule has 0 bridgehead atoms. The van der Waals surface area contributed by atoms with Crippen LogP contribution in [0.2, 0.25) is 0 Å². The fraction of sp³-hybridized carbons (Fsp3) is 0.316. The first-order valence-electron chi connectivity index (χ1n) is 8.46. The Morgan fingerprint density at radius 1 is 1.50 bits per heavy atom. The molecule has 0 atom stereocenters. The van der Waals surface area contributed by atoms with Crippen LogP contribution in [0.25, 0.3) is 17.1 Å². The molecule has 0 aromatic carbocycles. The Hall–Kier alpha value is -2.93. The van der Waals surface area contributed by atoms with Crippen LogP contribution in [-0.4, -0.2) is 58.5 Å². The normalized spacial score (nSPS) is 16.0. The number of aliphatic hydroxyl groups is 1. The van der Waals surface area contributed by atoms with Crippen molar-refractivity contribution in [2.24, 2.45) is 0 Å². The summed E-state index contributed by atoms with van der Waals surface area (Å²) < 4.78 is 5.06. The monoisotopic (exact) mass is 355 g/mol. The van der Waals surface area contributed by atoms with E-state index in [4.69, 9.17) is 4.74 Å². The molecular weight excluding hydrogens is 334 g/mol. The summed E-state index contributed by atoms with van der Waals surface area (Å²) in [5.41, 5.74) is 2.71. The van der Waals surface area contributed by atoms with Crippen LogP contribution in [0, 0.1) is 0 Å². The van der Waals surface area contributed by atoms with Crippen LogP contribution in [0.4, 0.5) is 0 Å². The van der Waals surface area contributed by atoms with E-state index in [0.717, 1.165) is 16.6 Å². The van der Waals surface area contributed by atoms with E-state index < -0.39 is 5.97 Å². The molecule has 1 aliphatic carbocycles. The van der Waals surface area contributed by atoms with Crippen LogP contribution in [0.3, 0.4) is 0 Å². The summed E-state index contributed by atoms with van der Waals surface area (Å²) >= 11 is 0.